The summed E-state index contributed by atoms with van der Waals surface area (Å²) in [5.41, 5.74) is 0.183. The van der Waals surface area contributed by atoms with Crippen LogP contribution in [0.4, 0.5) is 0 Å². The van der Waals surface area contributed by atoms with Gasteiger partial charge in [0.15, 0.2) is 0 Å². The van der Waals surface area contributed by atoms with E-state index in [1.54, 1.807) is 0 Å². The zero-order valence-electron chi connectivity index (χ0n) is 12.1. The van der Waals surface area contributed by atoms with Crippen molar-refractivity contribution in [1.29, 1.82) is 0 Å². The standard InChI is InChI=1S/C16H28ClNO/c17-12-16(10-4-1-5-11-16)13-18-15(19)9-8-14-6-2-3-7-14/h14H,1-13H2,(H,18,19). The largest absolute Gasteiger partial charge is 0.356 e. The summed E-state index contributed by atoms with van der Waals surface area (Å²) in [4.78, 5) is 11.9. The minimum Gasteiger partial charge on any atom is -0.356 e. The van der Waals surface area contributed by atoms with Crippen LogP contribution in [-0.4, -0.2) is 18.3 Å². The maximum atomic E-state index is 11.9. The second kappa shape index (κ2) is 7.52. The van der Waals surface area contributed by atoms with Gasteiger partial charge in [-0.25, -0.2) is 0 Å². The van der Waals surface area contributed by atoms with Crippen LogP contribution in [0.15, 0.2) is 0 Å². The molecule has 1 amide bonds. The van der Waals surface area contributed by atoms with Crippen LogP contribution in [0.2, 0.25) is 0 Å². The number of nitrogens with one attached hydrogen (secondary N) is 1. The number of carbonyl (C=O) groups is 1. The zero-order valence-corrected chi connectivity index (χ0v) is 12.8. The van der Waals surface area contributed by atoms with Crippen molar-refractivity contribution in [2.75, 3.05) is 12.4 Å². The lowest BCUT2D eigenvalue weighted by Gasteiger charge is -2.35. The molecule has 0 unspecified atom stereocenters. The van der Waals surface area contributed by atoms with E-state index in [0.717, 1.165) is 18.9 Å². The van der Waals surface area contributed by atoms with Crippen LogP contribution in [0.5, 0.6) is 0 Å². The summed E-state index contributed by atoms with van der Waals surface area (Å²) in [7, 11) is 0. The molecule has 0 saturated heterocycles. The molecule has 0 radical (unpaired) electrons. The predicted molar refractivity (Wildman–Crippen MR) is 80.4 cm³/mol. The van der Waals surface area contributed by atoms with E-state index in [-0.39, 0.29) is 11.3 Å². The molecule has 2 saturated carbocycles. The lowest BCUT2D eigenvalue weighted by atomic mass is 9.75. The molecule has 3 heteroatoms. The molecule has 2 nitrogen and oxygen atoms in total. The Bertz CT molecular complexity index is 280. The lowest BCUT2D eigenvalue weighted by molar-refractivity contribution is -0.122. The van der Waals surface area contributed by atoms with Gasteiger partial charge in [0.05, 0.1) is 0 Å². The Morgan fingerprint density at radius 1 is 1.11 bits per heavy atom. The van der Waals surface area contributed by atoms with Crippen molar-refractivity contribution in [1.82, 2.24) is 5.32 Å². The van der Waals surface area contributed by atoms with E-state index in [1.165, 1.54) is 57.8 Å². The molecule has 0 bridgehead atoms. The van der Waals surface area contributed by atoms with E-state index in [2.05, 4.69) is 5.32 Å². The molecule has 110 valence electrons. The lowest BCUT2D eigenvalue weighted by Crippen LogP contribution is -2.40. The number of amides is 1. The molecule has 0 heterocycles. The quantitative estimate of drug-likeness (QED) is 0.726. The molecule has 19 heavy (non-hydrogen) atoms. The fourth-order valence-corrected chi connectivity index (χ4v) is 4.03. The third-order valence-electron chi connectivity index (χ3n) is 5.11. The highest BCUT2D eigenvalue weighted by atomic mass is 35.5. The summed E-state index contributed by atoms with van der Waals surface area (Å²) in [5.74, 6) is 1.74. The molecule has 2 aliphatic carbocycles. The summed E-state index contributed by atoms with van der Waals surface area (Å²) in [6.07, 6.45) is 13.4. The van der Waals surface area contributed by atoms with Crippen LogP contribution >= 0.6 is 11.6 Å². The Morgan fingerprint density at radius 2 is 1.79 bits per heavy atom. The Hall–Kier alpha value is -0.240. The molecular weight excluding hydrogens is 258 g/mol. The molecule has 0 aromatic rings. The monoisotopic (exact) mass is 285 g/mol. The summed E-state index contributed by atoms with van der Waals surface area (Å²) in [6, 6.07) is 0. The van der Waals surface area contributed by atoms with Crippen molar-refractivity contribution in [3.63, 3.8) is 0 Å². The van der Waals surface area contributed by atoms with Gasteiger partial charge in [0.2, 0.25) is 5.91 Å². The predicted octanol–water partition coefficient (Wildman–Crippen LogP) is 4.26. The van der Waals surface area contributed by atoms with Gasteiger partial charge in [0.1, 0.15) is 0 Å². The number of hydrogen-bond donors (Lipinski definition) is 1. The first-order valence-corrected chi connectivity index (χ1v) is 8.60. The highest BCUT2D eigenvalue weighted by Gasteiger charge is 2.31. The molecule has 0 atom stereocenters. The van der Waals surface area contributed by atoms with Crippen molar-refractivity contribution in [3.05, 3.63) is 0 Å². The Morgan fingerprint density at radius 3 is 2.42 bits per heavy atom. The zero-order chi connectivity index (χ0) is 13.6. The second-order valence-electron chi connectivity index (χ2n) is 6.66. The maximum Gasteiger partial charge on any atom is 0.220 e. The second-order valence-corrected chi connectivity index (χ2v) is 6.93. The third-order valence-corrected chi connectivity index (χ3v) is 5.68. The first-order chi connectivity index (χ1) is 9.24. The molecule has 2 fully saturated rings. The van der Waals surface area contributed by atoms with Gasteiger partial charge in [-0.1, -0.05) is 44.9 Å². The molecule has 0 aliphatic heterocycles. The van der Waals surface area contributed by atoms with Gasteiger partial charge >= 0.3 is 0 Å². The van der Waals surface area contributed by atoms with Crippen LogP contribution in [0, 0.1) is 11.3 Å². The molecule has 0 spiro atoms. The van der Waals surface area contributed by atoms with Crippen molar-refractivity contribution in [2.24, 2.45) is 11.3 Å². The summed E-state index contributed by atoms with van der Waals surface area (Å²) in [6.45, 7) is 0.792. The first kappa shape index (κ1) is 15.2. The molecular formula is C16H28ClNO. The van der Waals surface area contributed by atoms with E-state index < -0.39 is 0 Å². The summed E-state index contributed by atoms with van der Waals surface area (Å²) in [5, 5.41) is 3.14. The molecule has 2 aliphatic rings. The van der Waals surface area contributed by atoms with Crippen molar-refractivity contribution in [2.45, 2.75) is 70.6 Å². The van der Waals surface area contributed by atoms with Crippen molar-refractivity contribution < 1.29 is 4.79 Å². The average molecular weight is 286 g/mol. The van der Waals surface area contributed by atoms with Crippen LogP contribution in [0.1, 0.15) is 70.6 Å². The van der Waals surface area contributed by atoms with Gasteiger partial charge in [0.25, 0.3) is 0 Å². The van der Waals surface area contributed by atoms with Gasteiger partial charge in [-0.2, -0.15) is 0 Å². The highest BCUT2D eigenvalue weighted by molar-refractivity contribution is 6.18. The van der Waals surface area contributed by atoms with Crippen molar-refractivity contribution in [3.8, 4) is 0 Å². The van der Waals surface area contributed by atoms with Gasteiger partial charge in [-0.05, 0) is 25.2 Å². The third kappa shape index (κ3) is 4.66. The van der Waals surface area contributed by atoms with Crippen LogP contribution < -0.4 is 5.32 Å². The smallest absolute Gasteiger partial charge is 0.220 e. The molecule has 0 aromatic carbocycles. The Balaban J connectivity index is 1.66. The maximum absolute atomic E-state index is 11.9. The number of carbonyl (C=O) groups excluding carboxylic acids is 1. The van der Waals surface area contributed by atoms with E-state index >= 15 is 0 Å². The van der Waals surface area contributed by atoms with E-state index in [1.807, 2.05) is 0 Å². The fourth-order valence-electron chi connectivity index (χ4n) is 3.67. The van der Waals surface area contributed by atoms with Crippen LogP contribution in [-0.2, 0) is 4.79 Å². The fraction of sp³-hybridized carbons (Fsp3) is 0.938. The minimum absolute atomic E-state index is 0.183. The van der Waals surface area contributed by atoms with Gasteiger partial charge < -0.3 is 5.32 Å². The number of rotatable bonds is 6. The summed E-state index contributed by atoms with van der Waals surface area (Å²) >= 11 is 6.15. The first-order valence-electron chi connectivity index (χ1n) is 8.07. The Labute approximate surface area is 122 Å². The minimum atomic E-state index is 0.183. The SMILES string of the molecule is O=C(CCC1CCCC1)NCC1(CCl)CCCCC1. The van der Waals surface area contributed by atoms with E-state index in [4.69, 9.17) is 11.6 Å². The number of hydrogen-bond acceptors (Lipinski definition) is 1. The van der Waals surface area contributed by atoms with Gasteiger partial charge in [0, 0.05) is 24.3 Å². The normalized spacial score (nSPS) is 23.4. The van der Waals surface area contributed by atoms with Crippen LogP contribution in [0.25, 0.3) is 0 Å². The summed E-state index contributed by atoms with van der Waals surface area (Å²) < 4.78 is 0. The van der Waals surface area contributed by atoms with Crippen LogP contribution in [0.3, 0.4) is 0 Å². The van der Waals surface area contributed by atoms with E-state index in [0.29, 0.717) is 12.3 Å². The van der Waals surface area contributed by atoms with Crippen molar-refractivity contribution >= 4 is 17.5 Å². The highest BCUT2D eigenvalue weighted by Crippen LogP contribution is 2.36. The van der Waals surface area contributed by atoms with Gasteiger partial charge in [-0.3, -0.25) is 4.79 Å². The topological polar surface area (TPSA) is 29.1 Å². The molecule has 2 rings (SSSR count). The average Bonchev–Trinajstić information content (AvgIpc) is 2.97. The number of halogens is 1. The van der Waals surface area contributed by atoms with E-state index in [9.17, 15) is 4.79 Å². The molecule has 0 aromatic heterocycles. The molecule has 1 N–H and O–H groups in total. The number of alkyl halides is 1. The van der Waals surface area contributed by atoms with Gasteiger partial charge in [-0.15, -0.1) is 11.6 Å². The Kier molecular flexibility index (Phi) is 6.00.